The van der Waals surface area contributed by atoms with Crippen LogP contribution in [0.4, 0.5) is 0 Å². The quantitative estimate of drug-likeness (QED) is 0.689. The van der Waals surface area contributed by atoms with Crippen LogP contribution >= 0.6 is 0 Å². The van der Waals surface area contributed by atoms with Gasteiger partial charge >= 0.3 is 0 Å². The summed E-state index contributed by atoms with van der Waals surface area (Å²) in [6.45, 7) is 2.05. The molecule has 0 radical (unpaired) electrons. The molecule has 2 nitrogen and oxygen atoms in total. The molecule has 0 aliphatic heterocycles. The highest BCUT2D eigenvalue weighted by Crippen LogP contribution is 2.28. The maximum absolute atomic E-state index is 10.3. The number of phenolic OH excluding ortho intramolecular Hbond substituents is 1. The number of rotatable bonds is 3. The number of nitrogens with zero attached hydrogens (tertiary/aromatic N) is 1. The summed E-state index contributed by atoms with van der Waals surface area (Å²) in [5, 5.41) is 12.2. The molecule has 0 fully saturated rings. The van der Waals surface area contributed by atoms with Gasteiger partial charge in [0.25, 0.3) is 0 Å². The standard InChI is InChI=1S/C19H17NO/c1-14(15-7-3-2-4-8-15)20-13-17-12-11-16-9-5-6-10-18(16)19(17)21/h2-14,21H,1H3. The summed E-state index contributed by atoms with van der Waals surface area (Å²) in [6.07, 6.45) is 1.75. The zero-order valence-electron chi connectivity index (χ0n) is 11.9. The second-order valence-corrected chi connectivity index (χ2v) is 5.09. The van der Waals surface area contributed by atoms with Crippen molar-refractivity contribution in [2.24, 2.45) is 4.99 Å². The van der Waals surface area contributed by atoms with Crippen molar-refractivity contribution in [1.29, 1.82) is 0 Å². The zero-order valence-corrected chi connectivity index (χ0v) is 11.9. The van der Waals surface area contributed by atoms with E-state index in [0.717, 1.165) is 21.9 Å². The monoisotopic (exact) mass is 275 g/mol. The molecule has 3 aromatic rings. The predicted molar refractivity (Wildman–Crippen MR) is 88.1 cm³/mol. The van der Waals surface area contributed by atoms with Crippen LogP contribution in [0.2, 0.25) is 0 Å². The summed E-state index contributed by atoms with van der Waals surface area (Å²) >= 11 is 0. The topological polar surface area (TPSA) is 32.6 Å². The minimum Gasteiger partial charge on any atom is -0.507 e. The Kier molecular flexibility index (Phi) is 3.69. The van der Waals surface area contributed by atoms with Gasteiger partial charge in [0, 0.05) is 17.2 Å². The molecule has 1 atom stereocenters. The number of benzene rings is 3. The van der Waals surface area contributed by atoms with Crippen LogP contribution in [0.1, 0.15) is 24.1 Å². The van der Waals surface area contributed by atoms with Crippen molar-refractivity contribution < 1.29 is 5.11 Å². The van der Waals surface area contributed by atoms with E-state index >= 15 is 0 Å². The predicted octanol–water partition coefficient (Wildman–Crippen LogP) is 4.73. The Hall–Kier alpha value is -2.61. The summed E-state index contributed by atoms with van der Waals surface area (Å²) in [5.74, 6) is 0.289. The zero-order chi connectivity index (χ0) is 14.7. The van der Waals surface area contributed by atoms with E-state index < -0.39 is 0 Å². The van der Waals surface area contributed by atoms with Gasteiger partial charge in [-0.1, -0.05) is 60.7 Å². The fraction of sp³-hybridized carbons (Fsp3) is 0.105. The van der Waals surface area contributed by atoms with Crippen LogP contribution in [-0.2, 0) is 0 Å². The molecule has 1 unspecified atom stereocenters. The second kappa shape index (κ2) is 5.80. The number of hydrogen-bond acceptors (Lipinski definition) is 2. The van der Waals surface area contributed by atoms with Gasteiger partial charge in [-0.15, -0.1) is 0 Å². The molecule has 0 saturated carbocycles. The molecule has 0 aliphatic carbocycles. The molecular formula is C19H17NO. The smallest absolute Gasteiger partial charge is 0.132 e. The van der Waals surface area contributed by atoms with Crippen molar-refractivity contribution in [2.45, 2.75) is 13.0 Å². The van der Waals surface area contributed by atoms with Crippen molar-refractivity contribution in [3.8, 4) is 5.75 Å². The van der Waals surface area contributed by atoms with Gasteiger partial charge in [-0.3, -0.25) is 4.99 Å². The van der Waals surface area contributed by atoms with Gasteiger partial charge < -0.3 is 5.11 Å². The Morgan fingerprint density at radius 3 is 2.43 bits per heavy atom. The van der Waals surface area contributed by atoms with Crippen LogP contribution in [0.5, 0.6) is 5.75 Å². The first kappa shape index (κ1) is 13.4. The largest absolute Gasteiger partial charge is 0.507 e. The Balaban J connectivity index is 1.91. The van der Waals surface area contributed by atoms with Crippen molar-refractivity contribution in [3.05, 3.63) is 77.9 Å². The Labute approximate surface area is 124 Å². The van der Waals surface area contributed by atoms with Gasteiger partial charge in [0.05, 0.1) is 6.04 Å². The number of aromatic hydroxyl groups is 1. The third-order valence-electron chi connectivity index (χ3n) is 3.65. The van der Waals surface area contributed by atoms with Crippen LogP contribution in [0.25, 0.3) is 10.8 Å². The summed E-state index contributed by atoms with van der Waals surface area (Å²) in [4.78, 5) is 4.55. The summed E-state index contributed by atoms with van der Waals surface area (Å²) in [7, 11) is 0. The highest BCUT2D eigenvalue weighted by atomic mass is 16.3. The molecule has 21 heavy (non-hydrogen) atoms. The maximum Gasteiger partial charge on any atom is 0.132 e. The average molecular weight is 275 g/mol. The first-order valence-corrected chi connectivity index (χ1v) is 7.04. The molecule has 2 heteroatoms. The van der Waals surface area contributed by atoms with Gasteiger partial charge in [-0.05, 0) is 23.9 Å². The molecule has 0 amide bonds. The van der Waals surface area contributed by atoms with Crippen molar-refractivity contribution >= 4 is 17.0 Å². The van der Waals surface area contributed by atoms with Crippen molar-refractivity contribution in [2.75, 3.05) is 0 Å². The first-order chi connectivity index (χ1) is 10.3. The van der Waals surface area contributed by atoms with Crippen LogP contribution in [0.15, 0.2) is 71.7 Å². The van der Waals surface area contributed by atoms with Gasteiger partial charge in [-0.2, -0.15) is 0 Å². The third-order valence-corrected chi connectivity index (χ3v) is 3.65. The molecule has 3 rings (SSSR count). The minimum absolute atomic E-state index is 0.0667. The van der Waals surface area contributed by atoms with Gasteiger partial charge in [-0.25, -0.2) is 0 Å². The van der Waals surface area contributed by atoms with Gasteiger partial charge in [0.1, 0.15) is 5.75 Å². The lowest BCUT2D eigenvalue weighted by atomic mass is 10.1. The molecular weight excluding hydrogens is 258 g/mol. The van der Waals surface area contributed by atoms with Crippen LogP contribution in [0, 0.1) is 0 Å². The second-order valence-electron chi connectivity index (χ2n) is 5.09. The van der Waals surface area contributed by atoms with Crippen LogP contribution < -0.4 is 0 Å². The molecule has 1 N–H and O–H groups in total. The fourth-order valence-corrected chi connectivity index (χ4v) is 2.39. The Morgan fingerprint density at radius 1 is 0.905 bits per heavy atom. The van der Waals surface area contributed by atoms with E-state index in [1.807, 2.05) is 61.5 Å². The van der Waals surface area contributed by atoms with Gasteiger partial charge in [0.2, 0.25) is 0 Å². The van der Waals surface area contributed by atoms with E-state index in [1.165, 1.54) is 0 Å². The highest BCUT2D eigenvalue weighted by molar-refractivity contribution is 5.97. The average Bonchev–Trinajstić information content (AvgIpc) is 2.55. The molecule has 3 aromatic carbocycles. The number of aliphatic imine (C=N–C) groups is 1. The molecule has 0 aromatic heterocycles. The maximum atomic E-state index is 10.3. The molecule has 0 bridgehead atoms. The number of fused-ring (bicyclic) bond motifs is 1. The lowest BCUT2D eigenvalue weighted by molar-refractivity contribution is 0.481. The lowest BCUT2D eigenvalue weighted by Gasteiger charge is -2.07. The summed E-state index contributed by atoms with van der Waals surface area (Å²) in [6, 6.07) is 21.9. The molecule has 0 spiro atoms. The van der Waals surface area contributed by atoms with E-state index in [4.69, 9.17) is 0 Å². The van der Waals surface area contributed by atoms with Crippen LogP contribution in [0.3, 0.4) is 0 Å². The van der Waals surface area contributed by atoms with E-state index in [0.29, 0.717) is 0 Å². The van der Waals surface area contributed by atoms with E-state index in [-0.39, 0.29) is 11.8 Å². The minimum atomic E-state index is 0.0667. The summed E-state index contributed by atoms with van der Waals surface area (Å²) < 4.78 is 0. The summed E-state index contributed by atoms with van der Waals surface area (Å²) in [5.41, 5.74) is 1.91. The highest BCUT2D eigenvalue weighted by Gasteiger charge is 2.05. The Bertz CT molecular complexity index is 778. The molecule has 0 aliphatic rings. The SMILES string of the molecule is CC(N=Cc1ccc2ccccc2c1O)c1ccccc1. The third kappa shape index (κ3) is 2.79. The fourth-order valence-electron chi connectivity index (χ4n) is 2.39. The lowest BCUT2D eigenvalue weighted by Crippen LogP contribution is -1.91. The van der Waals surface area contributed by atoms with Gasteiger partial charge in [0.15, 0.2) is 0 Å². The van der Waals surface area contributed by atoms with Crippen molar-refractivity contribution in [1.82, 2.24) is 0 Å². The van der Waals surface area contributed by atoms with Crippen molar-refractivity contribution in [3.63, 3.8) is 0 Å². The molecule has 0 saturated heterocycles. The first-order valence-electron chi connectivity index (χ1n) is 7.04. The number of hydrogen-bond donors (Lipinski definition) is 1. The van der Waals surface area contributed by atoms with E-state index in [2.05, 4.69) is 17.1 Å². The number of phenols is 1. The van der Waals surface area contributed by atoms with E-state index in [1.54, 1.807) is 6.21 Å². The van der Waals surface area contributed by atoms with Crippen LogP contribution in [-0.4, -0.2) is 11.3 Å². The normalized spacial score (nSPS) is 12.8. The Morgan fingerprint density at radius 2 is 1.62 bits per heavy atom. The molecule has 104 valence electrons. The van der Waals surface area contributed by atoms with E-state index in [9.17, 15) is 5.11 Å². The molecule has 0 heterocycles.